The van der Waals surface area contributed by atoms with Crippen molar-refractivity contribution >= 4 is 5.91 Å². The number of fused-ring (bicyclic) bond motifs is 1. The Labute approximate surface area is 155 Å². The Morgan fingerprint density at radius 2 is 2.08 bits per heavy atom. The summed E-state index contributed by atoms with van der Waals surface area (Å²) in [5, 5.41) is 0. The zero-order valence-electron chi connectivity index (χ0n) is 15.4. The summed E-state index contributed by atoms with van der Waals surface area (Å²) in [6, 6.07) is 10.9. The molecule has 2 atom stereocenters. The van der Waals surface area contributed by atoms with E-state index in [1.165, 1.54) is 5.56 Å². The lowest BCUT2D eigenvalue weighted by Gasteiger charge is -2.47. The molecule has 2 aliphatic heterocycles. The predicted molar refractivity (Wildman–Crippen MR) is 99.5 cm³/mol. The number of aryl methyl sites for hydroxylation is 1. The molecule has 0 unspecified atom stereocenters. The molecule has 2 aliphatic rings. The van der Waals surface area contributed by atoms with Crippen LogP contribution in [0.1, 0.15) is 36.4 Å². The van der Waals surface area contributed by atoms with Gasteiger partial charge in [0.2, 0.25) is 5.91 Å². The van der Waals surface area contributed by atoms with Gasteiger partial charge in [0, 0.05) is 45.6 Å². The Bertz CT molecular complexity index is 743. The molecule has 138 valence electrons. The zero-order valence-corrected chi connectivity index (χ0v) is 15.4. The number of hydrogen-bond acceptors (Lipinski definition) is 4. The van der Waals surface area contributed by atoms with Crippen LogP contribution in [0.25, 0.3) is 0 Å². The van der Waals surface area contributed by atoms with Gasteiger partial charge in [-0.05, 0) is 30.7 Å². The Hall–Kier alpha value is -2.14. The minimum Gasteiger partial charge on any atom is -0.449 e. The number of rotatable bonds is 5. The van der Waals surface area contributed by atoms with Gasteiger partial charge in [-0.2, -0.15) is 0 Å². The molecule has 0 aliphatic carbocycles. The molecule has 0 bridgehead atoms. The van der Waals surface area contributed by atoms with Gasteiger partial charge < -0.3 is 9.32 Å². The van der Waals surface area contributed by atoms with Crippen LogP contribution >= 0.6 is 0 Å². The second-order valence-corrected chi connectivity index (χ2v) is 7.57. The molecule has 0 spiro atoms. The summed E-state index contributed by atoms with van der Waals surface area (Å²) < 4.78 is 5.33. The van der Waals surface area contributed by atoms with Crippen LogP contribution in [-0.4, -0.2) is 46.4 Å². The van der Waals surface area contributed by atoms with Gasteiger partial charge in [-0.25, -0.2) is 4.98 Å². The van der Waals surface area contributed by atoms with Gasteiger partial charge in [0.05, 0.1) is 5.69 Å². The van der Waals surface area contributed by atoms with Crippen molar-refractivity contribution in [2.24, 2.45) is 5.92 Å². The normalized spacial score (nSPS) is 23.9. The quantitative estimate of drug-likeness (QED) is 0.829. The van der Waals surface area contributed by atoms with Crippen molar-refractivity contribution in [1.29, 1.82) is 0 Å². The number of aromatic nitrogens is 1. The van der Waals surface area contributed by atoms with Crippen molar-refractivity contribution in [2.75, 3.05) is 19.6 Å². The first kappa shape index (κ1) is 17.3. The van der Waals surface area contributed by atoms with Crippen LogP contribution in [0, 0.1) is 12.8 Å². The molecule has 3 heterocycles. The van der Waals surface area contributed by atoms with Gasteiger partial charge in [-0.3, -0.25) is 9.69 Å². The Balaban J connectivity index is 1.37. The summed E-state index contributed by atoms with van der Waals surface area (Å²) in [5.74, 6) is 1.64. The molecule has 0 N–H and O–H groups in total. The van der Waals surface area contributed by atoms with E-state index in [9.17, 15) is 4.79 Å². The summed E-state index contributed by atoms with van der Waals surface area (Å²) in [6.07, 6.45) is 5.46. The number of benzene rings is 1. The largest absolute Gasteiger partial charge is 0.449 e. The second kappa shape index (κ2) is 7.62. The van der Waals surface area contributed by atoms with Crippen LogP contribution in [-0.2, 0) is 17.8 Å². The number of hydrogen-bond donors (Lipinski definition) is 0. The minimum absolute atomic E-state index is 0.336. The molecule has 2 aromatic rings. The highest BCUT2D eigenvalue weighted by Crippen LogP contribution is 2.32. The van der Waals surface area contributed by atoms with Crippen LogP contribution in [0.5, 0.6) is 0 Å². The molecular weight excluding hydrogens is 326 g/mol. The number of likely N-dealkylation sites (tertiary alicyclic amines) is 2. The first-order valence-corrected chi connectivity index (χ1v) is 9.66. The second-order valence-electron chi connectivity index (χ2n) is 7.57. The lowest BCUT2D eigenvalue weighted by Crippen LogP contribution is -2.56. The predicted octanol–water partition coefficient (Wildman–Crippen LogP) is 3.04. The van der Waals surface area contributed by atoms with Crippen LogP contribution in [0.15, 0.2) is 41.0 Å². The number of amides is 1. The Kier molecular flexibility index (Phi) is 5.07. The Morgan fingerprint density at radius 3 is 2.85 bits per heavy atom. The van der Waals surface area contributed by atoms with Gasteiger partial charge in [0.15, 0.2) is 5.89 Å². The average molecular weight is 353 g/mol. The van der Waals surface area contributed by atoms with Crippen molar-refractivity contribution in [1.82, 2.24) is 14.8 Å². The fraction of sp³-hybridized carbons (Fsp3) is 0.524. The summed E-state index contributed by atoms with van der Waals surface area (Å²) in [6.45, 7) is 5.63. The van der Waals surface area contributed by atoms with E-state index in [1.54, 1.807) is 6.26 Å². The molecule has 1 amide bonds. The van der Waals surface area contributed by atoms with E-state index in [0.717, 1.165) is 57.0 Å². The highest BCUT2D eigenvalue weighted by atomic mass is 16.3. The van der Waals surface area contributed by atoms with Gasteiger partial charge >= 0.3 is 0 Å². The summed E-state index contributed by atoms with van der Waals surface area (Å²) in [4.78, 5) is 21.6. The third-order valence-corrected chi connectivity index (χ3v) is 5.76. The molecule has 1 aromatic carbocycles. The molecule has 4 rings (SSSR count). The number of carbonyl (C=O) groups is 1. The van der Waals surface area contributed by atoms with Crippen molar-refractivity contribution in [3.63, 3.8) is 0 Å². The first-order chi connectivity index (χ1) is 12.7. The molecule has 1 aromatic heterocycles. The average Bonchev–Trinajstić information content (AvgIpc) is 3.06. The molecule has 2 fully saturated rings. The summed E-state index contributed by atoms with van der Waals surface area (Å²) >= 11 is 0. The lowest BCUT2D eigenvalue weighted by molar-refractivity contribution is -0.141. The monoisotopic (exact) mass is 353 g/mol. The van der Waals surface area contributed by atoms with Gasteiger partial charge in [0.25, 0.3) is 0 Å². The van der Waals surface area contributed by atoms with Crippen LogP contribution in [0.2, 0.25) is 0 Å². The van der Waals surface area contributed by atoms with E-state index in [2.05, 4.69) is 39.0 Å². The van der Waals surface area contributed by atoms with Crippen molar-refractivity contribution in [2.45, 2.75) is 45.2 Å². The lowest BCUT2D eigenvalue weighted by atomic mass is 9.83. The summed E-state index contributed by atoms with van der Waals surface area (Å²) in [7, 11) is 0. The molecule has 0 saturated carbocycles. The van der Waals surface area contributed by atoms with Gasteiger partial charge in [0.1, 0.15) is 6.26 Å². The molecule has 5 nitrogen and oxygen atoms in total. The zero-order chi connectivity index (χ0) is 17.9. The van der Waals surface area contributed by atoms with E-state index in [-0.39, 0.29) is 0 Å². The maximum atomic E-state index is 12.5. The molecular formula is C21H27N3O2. The van der Waals surface area contributed by atoms with Crippen molar-refractivity contribution in [3.05, 3.63) is 53.7 Å². The summed E-state index contributed by atoms with van der Waals surface area (Å²) in [5.41, 5.74) is 2.31. The minimum atomic E-state index is 0.336. The number of piperidine rings is 2. The number of carbonyl (C=O) groups excluding carboxylic acids is 1. The molecule has 5 heteroatoms. The maximum absolute atomic E-state index is 12.5. The van der Waals surface area contributed by atoms with Crippen LogP contribution in [0.4, 0.5) is 0 Å². The van der Waals surface area contributed by atoms with Gasteiger partial charge in [-0.1, -0.05) is 30.3 Å². The highest BCUT2D eigenvalue weighted by molar-refractivity contribution is 5.77. The molecule has 2 saturated heterocycles. The van der Waals surface area contributed by atoms with Crippen molar-refractivity contribution < 1.29 is 9.21 Å². The SMILES string of the molecule is Cc1nc(CN2CC[C@@H]3[C@@H](CCC(=O)N3CCc3ccccc3)C2)co1. The number of oxazole rings is 1. The van der Waals surface area contributed by atoms with E-state index < -0.39 is 0 Å². The molecule has 26 heavy (non-hydrogen) atoms. The highest BCUT2D eigenvalue weighted by Gasteiger charge is 2.39. The first-order valence-electron chi connectivity index (χ1n) is 9.66. The molecule has 0 radical (unpaired) electrons. The van der Waals surface area contributed by atoms with E-state index in [1.807, 2.05) is 13.0 Å². The smallest absolute Gasteiger partial charge is 0.222 e. The fourth-order valence-corrected chi connectivity index (χ4v) is 4.46. The third-order valence-electron chi connectivity index (χ3n) is 5.76. The fourth-order valence-electron chi connectivity index (χ4n) is 4.46. The Morgan fingerprint density at radius 1 is 1.23 bits per heavy atom. The third kappa shape index (κ3) is 3.83. The van der Waals surface area contributed by atoms with E-state index in [4.69, 9.17) is 4.42 Å². The number of nitrogens with zero attached hydrogens (tertiary/aromatic N) is 3. The van der Waals surface area contributed by atoms with E-state index >= 15 is 0 Å². The van der Waals surface area contributed by atoms with Crippen LogP contribution < -0.4 is 0 Å². The maximum Gasteiger partial charge on any atom is 0.222 e. The van der Waals surface area contributed by atoms with Crippen molar-refractivity contribution in [3.8, 4) is 0 Å². The topological polar surface area (TPSA) is 49.6 Å². The van der Waals surface area contributed by atoms with Crippen LogP contribution in [0.3, 0.4) is 0 Å². The van der Waals surface area contributed by atoms with E-state index in [0.29, 0.717) is 24.3 Å². The van der Waals surface area contributed by atoms with Gasteiger partial charge in [-0.15, -0.1) is 0 Å². The standard InChI is InChI=1S/C21H27N3O2/c1-16-22-19(15-26-16)14-23-11-10-20-18(13-23)7-8-21(25)24(20)12-9-17-5-3-2-4-6-17/h2-6,15,18,20H,7-14H2,1H3/t18-,20+/m0/s1.